The molecular weight excluding hydrogens is 300 g/mol. The first kappa shape index (κ1) is 13.2. The Balaban J connectivity index is 2.39. The van der Waals surface area contributed by atoms with Crippen molar-refractivity contribution in [1.82, 2.24) is 0 Å². The van der Waals surface area contributed by atoms with Gasteiger partial charge < -0.3 is 14.6 Å². The van der Waals surface area contributed by atoms with Gasteiger partial charge in [-0.15, -0.1) is 0 Å². The van der Waals surface area contributed by atoms with E-state index in [0.717, 1.165) is 22.9 Å². The van der Waals surface area contributed by atoms with Gasteiger partial charge in [0, 0.05) is 5.92 Å². The average Bonchev–Trinajstić information content (AvgIpc) is 2.27. The van der Waals surface area contributed by atoms with Crippen molar-refractivity contribution in [3.63, 3.8) is 0 Å². The molecule has 1 fully saturated rings. The van der Waals surface area contributed by atoms with Crippen LogP contribution >= 0.6 is 15.9 Å². The number of halogens is 1. The molecule has 0 aliphatic heterocycles. The molecule has 0 spiro atoms. The predicted molar refractivity (Wildman–Crippen MR) is 70.3 cm³/mol. The van der Waals surface area contributed by atoms with Gasteiger partial charge >= 0.3 is 5.97 Å². The van der Waals surface area contributed by atoms with E-state index in [9.17, 15) is 4.79 Å². The Morgan fingerprint density at radius 3 is 2.50 bits per heavy atom. The normalized spacial score (nSPS) is 22.2. The molecule has 98 valence electrons. The van der Waals surface area contributed by atoms with Gasteiger partial charge in [-0.05, 0) is 40.4 Å². The van der Waals surface area contributed by atoms with E-state index in [-0.39, 0.29) is 11.8 Å². The second kappa shape index (κ2) is 5.18. The van der Waals surface area contributed by atoms with E-state index in [0.29, 0.717) is 11.5 Å². The number of benzene rings is 1. The van der Waals surface area contributed by atoms with Crippen LogP contribution in [0, 0.1) is 5.92 Å². The van der Waals surface area contributed by atoms with Crippen molar-refractivity contribution in [2.24, 2.45) is 5.92 Å². The summed E-state index contributed by atoms with van der Waals surface area (Å²) in [6, 6.07) is 3.72. The number of rotatable bonds is 4. The van der Waals surface area contributed by atoms with E-state index in [1.165, 1.54) is 0 Å². The Hall–Kier alpha value is -1.23. The summed E-state index contributed by atoms with van der Waals surface area (Å²) < 4.78 is 11.3. The molecule has 1 aromatic rings. The maximum absolute atomic E-state index is 11.1. The lowest BCUT2D eigenvalue weighted by Gasteiger charge is -2.34. The molecule has 2 rings (SSSR count). The lowest BCUT2D eigenvalue weighted by atomic mass is 9.70. The first-order valence-corrected chi connectivity index (χ1v) is 6.52. The number of hydrogen-bond donors (Lipinski definition) is 1. The Kier molecular flexibility index (Phi) is 3.80. The van der Waals surface area contributed by atoms with Crippen LogP contribution in [-0.2, 0) is 4.79 Å². The molecule has 1 aliphatic carbocycles. The number of carboxylic acids is 1. The minimum absolute atomic E-state index is 0.0275. The van der Waals surface area contributed by atoms with Crippen molar-refractivity contribution >= 4 is 21.9 Å². The highest BCUT2D eigenvalue weighted by molar-refractivity contribution is 9.10. The highest BCUT2D eigenvalue weighted by Gasteiger charge is 2.39. The molecule has 0 amide bonds. The maximum atomic E-state index is 11.1. The maximum Gasteiger partial charge on any atom is 0.307 e. The van der Waals surface area contributed by atoms with Gasteiger partial charge in [0.2, 0.25) is 0 Å². The van der Waals surface area contributed by atoms with E-state index < -0.39 is 5.97 Å². The largest absolute Gasteiger partial charge is 0.495 e. The first-order chi connectivity index (χ1) is 8.60. The fourth-order valence-corrected chi connectivity index (χ4v) is 3.06. The molecule has 0 aromatic heterocycles. The second-order valence-corrected chi connectivity index (χ2v) is 5.13. The van der Waals surface area contributed by atoms with Crippen LogP contribution in [0.2, 0.25) is 0 Å². The molecule has 18 heavy (non-hydrogen) atoms. The van der Waals surface area contributed by atoms with Crippen LogP contribution < -0.4 is 9.47 Å². The van der Waals surface area contributed by atoms with Gasteiger partial charge in [0.25, 0.3) is 0 Å². The lowest BCUT2D eigenvalue weighted by molar-refractivity contribution is -0.145. The number of carbonyl (C=O) groups is 1. The van der Waals surface area contributed by atoms with Crippen LogP contribution in [0.5, 0.6) is 11.5 Å². The van der Waals surface area contributed by atoms with E-state index in [4.69, 9.17) is 14.6 Å². The third-order valence-corrected chi connectivity index (χ3v) is 4.26. The van der Waals surface area contributed by atoms with E-state index in [2.05, 4.69) is 15.9 Å². The van der Waals surface area contributed by atoms with Crippen molar-refractivity contribution in [3.05, 3.63) is 22.2 Å². The topological polar surface area (TPSA) is 55.8 Å². The molecule has 0 heterocycles. The van der Waals surface area contributed by atoms with Gasteiger partial charge in [-0.2, -0.15) is 0 Å². The molecule has 0 radical (unpaired) electrons. The van der Waals surface area contributed by atoms with Gasteiger partial charge in [-0.3, -0.25) is 4.79 Å². The number of methoxy groups -OCH3 is 2. The predicted octanol–water partition coefficient (Wildman–Crippen LogP) is 3.04. The molecule has 2 unspecified atom stereocenters. The number of ether oxygens (including phenoxy) is 2. The summed E-state index contributed by atoms with van der Waals surface area (Å²) in [4.78, 5) is 11.1. The van der Waals surface area contributed by atoms with Crippen LogP contribution in [0.1, 0.15) is 24.3 Å². The summed E-state index contributed by atoms with van der Waals surface area (Å²) in [6.45, 7) is 0. The van der Waals surface area contributed by atoms with E-state index >= 15 is 0 Å². The molecule has 2 atom stereocenters. The molecule has 1 aromatic carbocycles. The van der Waals surface area contributed by atoms with Crippen molar-refractivity contribution in [3.8, 4) is 11.5 Å². The summed E-state index contributed by atoms with van der Waals surface area (Å²) in [5.41, 5.74) is 0.934. The van der Waals surface area contributed by atoms with Crippen LogP contribution in [0.15, 0.2) is 16.6 Å². The fourth-order valence-electron chi connectivity index (χ4n) is 2.38. The molecule has 0 bridgehead atoms. The van der Waals surface area contributed by atoms with Crippen molar-refractivity contribution in [2.45, 2.75) is 18.8 Å². The minimum Gasteiger partial charge on any atom is -0.495 e. The van der Waals surface area contributed by atoms with Gasteiger partial charge in [0.05, 0.1) is 20.1 Å². The SMILES string of the molecule is COc1ccc(C2CCC2C(=O)O)c(OC)c1Br. The van der Waals surface area contributed by atoms with Crippen LogP contribution in [-0.4, -0.2) is 25.3 Å². The average molecular weight is 315 g/mol. The van der Waals surface area contributed by atoms with Crippen molar-refractivity contribution in [2.75, 3.05) is 14.2 Å². The Bertz CT molecular complexity index is 472. The van der Waals surface area contributed by atoms with Gasteiger partial charge in [-0.25, -0.2) is 0 Å². The number of carboxylic acid groups (broad SMARTS) is 1. The summed E-state index contributed by atoms with van der Waals surface area (Å²) in [5.74, 6) is 0.339. The quantitative estimate of drug-likeness (QED) is 0.928. The van der Waals surface area contributed by atoms with Crippen LogP contribution in [0.25, 0.3) is 0 Å². The monoisotopic (exact) mass is 314 g/mol. The molecule has 1 N–H and O–H groups in total. The smallest absolute Gasteiger partial charge is 0.307 e. The van der Waals surface area contributed by atoms with E-state index in [1.807, 2.05) is 12.1 Å². The molecule has 4 nitrogen and oxygen atoms in total. The molecular formula is C13H15BrO4. The van der Waals surface area contributed by atoms with Crippen LogP contribution in [0.3, 0.4) is 0 Å². The summed E-state index contributed by atoms with van der Waals surface area (Å²) in [6.07, 6.45) is 1.61. The zero-order chi connectivity index (χ0) is 13.3. The second-order valence-electron chi connectivity index (χ2n) is 4.33. The third-order valence-electron chi connectivity index (χ3n) is 3.51. The Labute approximate surface area is 114 Å². The highest BCUT2D eigenvalue weighted by atomic mass is 79.9. The van der Waals surface area contributed by atoms with Gasteiger partial charge in [-0.1, -0.05) is 6.07 Å². The summed E-state index contributed by atoms with van der Waals surface area (Å²) in [7, 11) is 3.17. The standard InChI is InChI=1S/C13H15BrO4/c1-17-10-6-5-8(12(18-2)11(10)14)7-3-4-9(7)13(15)16/h5-7,9H,3-4H2,1-2H3,(H,15,16). The Morgan fingerprint density at radius 2 is 2.06 bits per heavy atom. The number of hydrogen-bond acceptors (Lipinski definition) is 3. The lowest BCUT2D eigenvalue weighted by Crippen LogP contribution is -2.31. The third kappa shape index (κ3) is 2.07. The minimum atomic E-state index is -0.736. The fraction of sp³-hybridized carbons (Fsp3) is 0.462. The number of aliphatic carboxylic acids is 1. The van der Waals surface area contributed by atoms with Crippen molar-refractivity contribution in [1.29, 1.82) is 0 Å². The highest BCUT2D eigenvalue weighted by Crippen LogP contribution is 2.49. The van der Waals surface area contributed by atoms with Crippen LogP contribution in [0.4, 0.5) is 0 Å². The van der Waals surface area contributed by atoms with Crippen molar-refractivity contribution < 1.29 is 19.4 Å². The van der Waals surface area contributed by atoms with Gasteiger partial charge in [0.15, 0.2) is 0 Å². The molecule has 5 heteroatoms. The van der Waals surface area contributed by atoms with Gasteiger partial charge in [0.1, 0.15) is 16.0 Å². The molecule has 0 saturated heterocycles. The summed E-state index contributed by atoms with van der Waals surface area (Å²) >= 11 is 3.43. The zero-order valence-corrected chi connectivity index (χ0v) is 11.9. The first-order valence-electron chi connectivity index (χ1n) is 5.73. The van der Waals surface area contributed by atoms with E-state index in [1.54, 1.807) is 14.2 Å². The molecule has 1 aliphatic rings. The molecule has 1 saturated carbocycles. The Morgan fingerprint density at radius 1 is 1.33 bits per heavy atom. The zero-order valence-electron chi connectivity index (χ0n) is 10.3. The summed E-state index contributed by atoms with van der Waals surface area (Å²) in [5, 5.41) is 9.12.